The molecule has 0 unspecified atom stereocenters. The van der Waals surface area contributed by atoms with Gasteiger partial charge in [0.15, 0.2) is 0 Å². The molecule has 1 aliphatic rings. The van der Waals surface area contributed by atoms with Gasteiger partial charge in [-0.15, -0.1) is 0 Å². The summed E-state index contributed by atoms with van der Waals surface area (Å²) >= 11 is 0. The van der Waals surface area contributed by atoms with Crippen molar-refractivity contribution in [3.63, 3.8) is 0 Å². The van der Waals surface area contributed by atoms with Crippen molar-refractivity contribution in [3.8, 4) is 0 Å². The predicted octanol–water partition coefficient (Wildman–Crippen LogP) is 2.36. The Bertz CT molecular complexity index is 510. The van der Waals surface area contributed by atoms with Gasteiger partial charge in [-0.2, -0.15) is 0 Å². The minimum absolute atomic E-state index is 0.355. The quantitative estimate of drug-likeness (QED) is 0.860. The van der Waals surface area contributed by atoms with E-state index in [-0.39, 0.29) is 11.2 Å². The number of rotatable bonds is 3. The van der Waals surface area contributed by atoms with Gasteiger partial charge in [0.05, 0.1) is 16.9 Å². The molecule has 0 bridgehead atoms. The average molecular weight is 274 g/mol. The maximum absolute atomic E-state index is 6.02. The number of aryl methyl sites for hydroxylation is 1. The van der Waals surface area contributed by atoms with Crippen molar-refractivity contribution in [3.05, 3.63) is 35.1 Å². The van der Waals surface area contributed by atoms with E-state index < -0.39 is 7.12 Å². The van der Waals surface area contributed by atoms with Crippen LogP contribution >= 0.6 is 0 Å². The van der Waals surface area contributed by atoms with Crippen LogP contribution in [0.5, 0.6) is 0 Å². The standard InChI is InChI=1S/C15H23BN2O2/c1-11-7-6-8-13(18-11)9-12(10-17)16-19-14(2,3)15(4,5)20-16/h6-9H,10,17H2,1-5H3. The second-order valence-corrected chi connectivity index (χ2v) is 6.22. The zero-order chi connectivity index (χ0) is 15.0. The third-order valence-electron chi connectivity index (χ3n) is 4.03. The van der Waals surface area contributed by atoms with Gasteiger partial charge in [0.2, 0.25) is 0 Å². The molecule has 0 radical (unpaired) electrons. The minimum Gasteiger partial charge on any atom is -0.400 e. The Morgan fingerprint density at radius 3 is 2.35 bits per heavy atom. The van der Waals surface area contributed by atoms with E-state index in [1.165, 1.54) is 0 Å². The Kier molecular flexibility index (Phi) is 4.05. The molecule has 1 aromatic heterocycles. The number of pyridine rings is 1. The van der Waals surface area contributed by atoms with Gasteiger partial charge in [0.1, 0.15) is 0 Å². The van der Waals surface area contributed by atoms with E-state index >= 15 is 0 Å². The number of hydrogen-bond donors (Lipinski definition) is 1. The summed E-state index contributed by atoms with van der Waals surface area (Å²) in [6.45, 7) is 10.5. The fourth-order valence-electron chi connectivity index (χ4n) is 2.05. The molecule has 2 heterocycles. The van der Waals surface area contributed by atoms with Crippen LogP contribution in [0.1, 0.15) is 39.1 Å². The highest BCUT2D eigenvalue weighted by molar-refractivity contribution is 6.55. The van der Waals surface area contributed by atoms with E-state index in [0.717, 1.165) is 16.9 Å². The smallest absolute Gasteiger partial charge is 0.400 e. The zero-order valence-corrected chi connectivity index (χ0v) is 12.9. The summed E-state index contributed by atoms with van der Waals surface area (Å²) in [5.41, 5.74) is 7.90. The monoisotopic (exact) mass is 274 g/mol. The van der Waals surface area contributed by atoms with Gasteiger partial charge in [-0.25, -0.2) is 0 Å². The van der Waals surface area contributed by atoms with Gasteiger partial charge in [-0.05, 0) is 58.3 Å². The van der Waals surface area contributed by atoms with E-state index in [4.69, 9.17) is 15.0 Å². The van der Waals surface area contributed by atoms with Crippen LogP contribution in [0.15, 0.2) is 23.7 Å². The second kappa shape index (κ2) is 5.32. The number of nitrogens with two attached hydrogens (primary N) is 1. The van der Waals surface area contributed by atoms with Crippen LogP contribution in [0.4, 0.5) is 0 Å². The first-order valence-electron chi connectivity index (χ1n) is 6.95. The molecule has 5 heteroatoms. The Morgan fingerprint density at radius 2 is 1.85 bits per heavy atom. The van der Waals surface area contributed by atoms with Gasteiger partial charge in [-0.1, -0.05) is 6.07 Å². The first kappa shape index (κ1) is 15.2. The van der Waals surface area contributed by atoms with Crippen molar-refractivity contribution in [2.45, 2.75) is 45.8 Å². The maximum Gasteiger partial charge on any atom is 0.491 e. The van der Waals surface area contributed by atoms with E-state index in [1.807, 2.05) is 58.9 Å². The fraction of sp³-hybridized carbons (Fsp3) is 0.533. The Morgan fingerprint density at radius 1 is 1.25 bits per heavy atom. The Hall–Kier alpha value is -1.17. The van der Waals surface area contributed by atoms with Gasteiger partial charge in [0, 0.05) is 12.2 Å². The van der Waals surface area contributed by atoms with E-state index in [1.54, 1.807) is 0 Å². The number of nitrogens with zero attached hydrogens (tertiary/aromatic N) is 1. The lowest BCUT2D eigenvalue weighted by atomic mass is 9.77. The largest absolute Gasteiger partial charge is 0.491 e. The number of aromatic nitrogens is 1. The lowest BCUT2D eigenvalue weighted by Gasteiger charge is -2.32. The normalized spacial score (nSPS) is 21.3. The predicted molar refractivity (Wildman–Crippen MR) is 82.1 cm³/mol. The van der Waals surface area contributed by atoms with Crippen molar-refractivity contribution in [2.75, 3.05) is 6.54 Å². The second-order valence-electron chi connectivity index (χ2n) is 6.22. The summed E-state index contributed by atoms with van der Waals surface area (Å²) in [4.78, 5) is 4.46. The molecule has 1 saturated heterocycles. The number of hydrogen-bond acceptors (Lipinski definition) is 4. The van der Waals surface area contributed by atoms with Gasteiger partial charge >= 0.3 is 7.12 Å². The van der Waals surface area contributed by atoms with Gasteiger partial charge in [0.25, 0.3) is 0 Å². The molecule has 1 aliphatic heterocycles. The Labute approximate surface area is 121 Å². The highest BCUT2D eigenvalue weighted by Crippen LogP contribution is 2.38. The van der Waals surface area contributed by atoms with Crippen LogP contribution in [0.3, 0.4) is 0 Å². The molecular formula is C15H23BN2O2. The highest BCUT2D eigenvalue weighted by Gasteiger charge is 2.52. The minimum atomic E-state index is -0.410. The topological polar surface area (TPSA) is 57.4 Å². The van der Waals surface area contributed by atoms with E-state index in [0.29, 0.717) is 6.54 Å². The summed E-state index contributed by atoms with van der Waals surface area (Å²) in [5, 5.41) is 0. The maximum atomic E-state index is 6.02. The molecule has 0 aromatic carbocycles. The van der Waals surface area contributed by atoms with E-state index in [9.17, 15) is 0 Å². The molecule has 0 saturated carbocycles. The molecule has 1 aromatic rings. The SMILES string of the molecule is Cc1cccc(C=C(CN)B2OC(C)(C)C(C)(C)O2)n1. The lowest BCUT2D eigenvalue weighted by Crippen LogP contribution is -2.41. The van der Waals surface area contributed by atoms with Crippen molar-refractivity contribution in [1.29, 1.82) is 0 Å². The zero-order valence-electron chi connectivity index (χ0n) is 12.9. The molecule has 0 aliphatic carbocycles. The molecule has 1 fully saturated rings. The first-order valence-corrected chi connectivity index (χ1v) is 6.95. The molecule has 108 valence electrons. The molecule has 2 rings (SSSR count). The van der Waals surface area contributed by atoms with Crippen LogP contribution < -0.4 is 5.73 Å². The summed E-state index contributed by atoms with van der Waals surface area (Å²) in [6.07, 6.45) is 1.95. The molecule has 0 atom stereocenters. The van der Waals surface area contributed by atoms with E-state index in [2.05, 4.69) is 4.98 Å². The molecule has 0 spiro atoms. The van der Waals surface area contributed by atoms with Crippen LogP contribution in [-0.2, 0) is 9.31 Å². The molecule has 0 amide bonds. The van der Waals surface area contributed by atoms with Crippen molar-refractivity contribution in [2.24, 2.45) is 5.73 Å². The van der Waals surface area contributed by atoms with Gasteiger partial charge < -0.3 is 15.0 Å². The van der Waals surface area contributed by atoms with Crippen LogP contribution in [0.2, 0.25) is 0 Å². The highest BCUT2D eigenvalue weighted by atomic mass is 16.7. The summed E-state index contributed by atoms with van der Waals surface area (Å²) in [6, 6.07) is 5.90. The van der Waals surface area contributed by atoms with Crippen LogP contribution in [0, 0.1) is 6.92 Å². The third-order valence-corrected chi connectivity index (χ3v) is 4.03. The van der Waals surface area contributed by atoms with Gasteiger partial charge in [-0.3, -0.25) is 4.98 Å². The van der Waals surface area contributed by atoms with Crippen molar-refractivity contribution >= 4 is 13.2 Å². The Balaban J connectivity index is 2.26. The molecule has 4 nitrogen and oxygen atoms in total. The fourth-order valence-corrected chi connectivity index (χ4v) is 2.05. The molecule has 20 heavy (non-hydrogen) atoms. The molecular weight excluding hydrogens is 251 g/mol. The average Bonchev–Trinajstić information content (AvgIpc) is 2.55. The summed E-state index contributed by atoms with van der Waals surface area (Å²) < 4.78 is 12.0. The third kappa shape index (κ3) is 2.95. The summed E-state index contributed by atoms with van der Waals surface area (Å²) in [5.74, 6) is 0. The molecule has 2 N–H and O–H groups in total. The first-order chi connectivity index (χ1) is 9.25. The summed E-state index contributed by atoms with van der Waals surface area (Å²) in [7, 11) is -0.410. The van der Waals surface area contributed by atoms with Crippen LogP contribution in [-0.4, -0.2) is 29.8 Å². The van der Waals surface area contributed by atoms with Crippen molar-refractivity contribution < 1.29 is 9.31 Å². The van der Waals surface area contributed by atoms with Crippen LogP contribution in [0.25, 0.3) is 6.08 Å². The van der Waals surface area contributed by atoms with Crippen molar-refractivity contribution in [1.82, 2.24) is 4.98 Å². The lowest BCUT2D eigenvalue weighted by molar-refractivity contribution is 0.00578.